The van der Waals surface area contributed by atoms with Crippen LogP contribution in [0.5, 0.6) is 0 Å². The second-order valence-corrected chi connectivity index (χ2v) is 5.05. The third kappa shape index (κ3) is 4.41. The van der Waals surface area contributed by atoms with Crippen molar-refractivity contribution in [3.8, 4) is 0 Å². The number of hydrogen-bond acceptors (Lipinski definition) is 3. The van der Waals surface area contributed by atoms with E-state index in [-0.39, 0.29) is 11.8 Å². The lowest BCUT2D eigenvalue weighted by Crippen LogP contribution is -2.29. The molecular formula is C19H26N3O2+. The molecule has 3 rings (SSSR count). The molecule has 2 heterocycles. The van der Waals surface area contributed by atoms with Crippen molar-refractivity contribution in [1.29, 1.82) is 0 Å². The lowest BCUT2D eigenvalue weighted by Gasteiger charge is -2.08. The Bertz CT molecular complexity index is 634. The van der Waals surface area contributed by atoms with Crippen LogP contribution in [0.25, 0.3) is 0 Å². The van der Waals surface area contributed by atoms with E-state index in [2.05, 4.69) is 9.88 Å². The van der Waals surface area contributed by atoms with Crippen LogP contribution in [-0.2, 0) is 0 Å². The summed E-state index contributed by atoms with van der Waals surface area (Å²) in [5.74, 6) is -0.355. The quantitative estimate of drug-likeness (QED) is 0.797. The van der Waals surface area contributed by atoms with E-state index >= 15 is 0 Å². The van der Waals surface area contributed by atoms with Crippen LogP contribution < -0.4 is 9.88 Å². The van der Waals surface area contributed by atoms with Gasteiger partial charge < -0.3 is 4.90 Å². The number of benzene rings is 1. The van der Waals surface area contributed by atoms with Gasteiger partial charge in [0.2, 0.25) is 0 Å². The first-order valence-electron chi connectivity index (χ1n) is 8.15. The third-order valence-corrected chi connectivity index (χ3v) is 3.41. The van der Waals surface area contributed by atoms with Gasteiger partial charge in [0, 0.05) is 38.5 Å². The number of anilines is 1. The van der Waals surface area contributed by atoms with Crippen molar-refractivity contribution in [2.24, 2.45) is 0 Å². The number of aromatic amines is 1. The summed E-state index contributed by atoms with van der Waals surface area (Å²) in [6, 6.07) is 11.0. The highest BCUT2D eigenvalue weighted by atomic mass is 16.2. The molecule has 1 aliphatic rings. The van der Waals surface area contributed by atoms with Crippen LogP contribution in [-0.4, -0.2) is 37.4 Å². The van der Waals surface area contributed by atoms with E-state index in [0.717, 1.165) is 0 Å². The van der Waals surface area contributed by atoms with E-state index in [4.69, 9.17) is 0 Å². The molecule has 5 heteroatoms. The summed E-state index contributed by atoms with van der Waals surface area (Å²) in [4.78, 5) is 29.4. The Labute approximate surface area is 143 Å². The molecule has 1 aliphatic heterocycles. The molecule has 0 radical (unpaired) electrons. The molecule has 2 aromatic rings. The van der Waals surface area contributed by atoms with Crippen molar-refractivity contribution in [1.82, 2.24) is 4.90 Å². The Balaban J connectivity index is 0.000000230. The van der Waals surface area contributed by atoms with Crippen molar-refractivity contribution in [3.63, 3.8) is 0 Å². The summed E-state index contributed by atoms with van der Waals surface area (Å²) < 4.78 is 0. The van der Waals surface area contributed by atoms with Crippen LogP contribution in [0.4, 0.5) is 5.69 Å². The zero-order chi connectivity index (χ0) is 18.1. The SMILES string of the molecule is CC.CCN1C(=O)c2ccccc2C1=O.CN(C)c1cc[nH+]cc1. The summed E-state index contributed by atoms with van der Waals surface area (Å²) in [7, 11) is 4.05. The fourth-order valence-corrected chi connectivity index (χ4v) is 2.20. The topological polar surface area (TPSA) is 54.8 Å². The van der Waals surface area contributed by atoms with Gasteiger partial charge in [-0.05, 0) is 19.1 Å². The zero-order valence-corrected chi connectivity index (χ0v) is 15.0. The fraction of sp³-hybridized carbons (Fsp3) is 0.316. The van der Waals surface area contributed by atoms with Gasteiger partial charge in [-0.25, -0.2) is 4.98 Å². The van der Waals surface area contributed by atoms with E-state index < -0.39 is 0 Å². The average molecular weight is 328 g/mol. The largest absolute Gasteiger partial charge is 0.377 e. The number of aromatic nitrogens is 1. The maximum absolute atomic E-state index is 11.5. The molecule has 2 amide bonds. The van der Waals surface area contributed by atoms with Crippen molar-refractivity contribution in [3.05, 3.63) is 59.9 Å². The number of fused-ring (bicyclic) bond motifs is 1. The first-order chi connectivity index (χ1) is 11.6. The van der Waals surface area contributed by atoms with Crippen molar-refractivity contribution in [2.75, 3.05) is 25.5 Å². The number of carbonyl (C=O) groups is 2. The van der Waals surface area contributed by atoms with Gasteiger partial charge >= 0.3 is 0 Å². The standard InChI is InChI=1S/C10H9NO2.C7H10N2.C2H6/c1-2-11-9(12)7-5-3-4-6-8(7)10(11)13;1-9(2)7-3-5-8-6-4-7;1-2/h3-6H,2H2,1H3;3-6H,1-2H3;1-2H3/p+1. The van der Waals surface area contributed by atoms with Crippen molar-refractivity contribution < 1.29 is 14.6 Å². The highest BCUT2D eigenvalue weighted by Gasteiger charge is 2.33. The normalized spacial score (nSPS) is 11.8. The van der Waals surface area contributed by atoms with Crippen LogP contribution in [0.15, 0.2) is 48.8 Å². The number of imide groups is 1. The lowest BCUT2D eigenvalue weighted by atomic mass is 10.1. The Morgan fingerprint density at radius 3 is 1.71 bits per heavy atom. The van der Waals surface area contributed by atoms with Gasteiger partial charge in [-0.1, -0.05) is 26.0 Å². The number of nitrogens with zero attached hydrogens (tertiary/aromatic N) is 2. The smallest absolute Gasteiger partial charge is 0.261 e. The van der Waals surface area contributed by atoms with E-state index in [0.29, 0.717) is 17.7 Å². The third-order valence-electron chi connectivity index (χ3n) is 3.41. The maximum atomic E-state index is 11.5. The van der Waals surface area contributed by atoms with Gasteiger partial charge in [0.15, 0.2) is 12.4 Å². The van der Waals surface area contributed by atoms with E-state index in [1.165, 1.54) is 10.6 Å². The molecule has 0 aliphatic carbocycles. The summed E-state index contributed by atoms with van der Waals surface area (Å²) in [6.45, 7) is 6.23. The van der Waals surface area contributed by atoms with E-state index in [1.807, 2.05) is 52.5 Å². The molecule has 0 saturated heterocycles. The highest BCUT2D eigenvalue weighted by Crippen LogP contribution is 2.21. The first kappa shape index (κ1) is 19.4. The van der Waals surface area contributed by atoms with Gasteiger partial charge in [-0.3, -0.25) is 14.5 Å². The zero-order valence-electron chi connectivity index (χ0n) is 15.0. The Hall–Kier alpha value is -2.69. The summed E-state index contributed by atoms with van der Waals surface area (Å²) in [6.07, 6.45) is 3.82. The van der Waals surface area contributed by atoms with Gasteiger partial charge in [0.1, 0.15) is 0 Å². The molecular weight excluding hydrogens is 302 g/mol. The number of H-pyrrole nitrogens is 1. The minimum atomic E-state index is -0.178. The molecule has 0 atom stereocenters. The molecule has 24 heavy (non-hydrogen) atoms. The second kappa shape index (κ2) is 9.45. The average Bonchev–Trinajstić information content (AvgIpc) is 2.89. The van der Waals surface area contributed by atoms with Crippen molar-refractivity contribution >= 4 is 17.5 Å². The minimum absolute atomic E-state index is 0.178. The number of hydrogen-bond donors (Lipinski definition) is 0. The summed E-state index contributed by atoms with van der Waals surface area (Å²) in [5.41, 5.74) is 2.26. The minimum Gasteiger partial charge on any atom is -0.377 e. The molecule has 0 spiro atoms. The Morgan fingerprint density at radius 1 is 0.917 bits per heavy atom. The molecule has 5 nitrogen and oxygen atoms in total. The highest BCUT2D eigenvalue weighted by molar-refractivity contribution is 6.21. The number of pyridine rings is 1. The van der Waals surface area contributed by atoms with Gasteiger partial charge in [0.05, 0.1) is 11.1 Å². The predicted molar refractivity (Wildman–Crippen MR) is 96.2 cm³/mol. The second-order valence-electron chi connectivity index (χ2n) is 5.05. The molecule has 0 fully saturated rings. The molecule has 0 saturated carbocycles. The van der Waals surface area contributed by atoms with E-state index in [1.54, 1.807) is 31.2 Å². The Morgan fingerprint density at radius 2 is 1.38 bits per heavy atom. The van der Waals surface area contributed by atoms with Crippen LogP contribution in [0, 0.1) is 0 Å². The van der Waals surface area contributed by atoms with Crippen LogP contribution >= 0.6 is 0 Å². The number of amides is 2. The molecule has 0 unspecified atom stereocenters. The fourth-order valence-electron chi connectivity index (χ4n) is 2.20. The summed E-state index contributed by atoms with van der Waals surface area (Å²) >= 11 is 0. The summed E-state index contributed by atoms with van der Waals surface area (Å²) in [5, 5.41) is 0. The molecule has 1 aromatic carbocycles. The van der Waals surface area contributed by atoms with E-state index in [9.17, 15) is 9.59 Å². The van der Waals surface area contributed by atoms with Crippen LogP contribution in [0.2, 0.25) is 0 Å². The van der Waals surface area contributed by atoms with Gasteiger partial charge in [-0.2, -0.15) is 0 Å². The Kier molecular flexibility index (Phi) is 7.62. The first-order valence-corrected chi connectivity index (χ1v) is 8.15. The lowest BCUT2D eigenvalue weighted by molar-refractivity contribution is -0.377. The molecule has 128 valence electrons. The number of rotatable bonds is 2. The van der Waals surface area contributed by atoms with Crippen LogP contribution in [0.3, 0.4) is 0 Å². The monoisotopic (exact) mass is 328 g/mol. The predicted octanol–water partition coefficient (Wildman–Crippen LogP) is 2.90. The molecule has 0 bridgehead atoms. The van der Waals surface area contributed by atoms with Gasteiger partial charge in [-0.15, -0.1) is 0 Å². The molecule has 1 aromatic heterocycles. The van der Waals surface area contributed by atoms with Gasteiger partial charge in [0.25, 0.3) is 11.8 Å². The maximum Gasteiger partial charge on any atom is 0.261 e. The number of carbonyl (C=O) groups excluding carboxylic acids is 2. The number of nitrogens with one attached hydrogen (secondary N) is 1. The molecule has 1 N–H and O–H groups in total. The van der Waals surface area contributed by atoms with Crippen LogP contribution in [0.1, 0.15) is 41.5 Å². The van der Waals surface area contributed by atoms with Crippen molar-refractivity contribution in [2.45, 2.75) is 20.8 Å².